The second-order valence-corrected chi connectivity index (χ2v) is 8.46. The monoisotopic (exact) mass is 427 g/mol. The van der Waals surface area contributed by atoms with Crippen molar-refractivity contribution in [3.05, 3.63) is 59.9 Å². The van der Waals surface area contributed by atoms with Gasteiger partial charge in [-0.3, -0.25) is 9.52 Å². The average Bonchev–Trinajstić information content (AvgIpc) is 3.11. The van der Waals surface area contributed by atoms with Gasteiger partial charge in [-0.15, -0.1) is 12.4 Å². The zero-order valence-electron chi connectivity index (χ0n) is 15.2. The highest BCUT2D eigenvalue weighted by Crippen LogP contribution is 2.29. The maximum Gasteiger partial charge on any atom is 0.261 e. The molecule has 0 aliphatic heterocycles. The number of hydrogen-bond acceptors (Lipinski definition) is 4. The van der Waals surface area contributed by atoms with E-state index < -0.39 is 15.8 Å². The maximum atomic E-state index is 13.0. The van der Waals surface area contributed by atoms with Crippen molar-refractivity contribution < 1.29 is 17.6 Å². The molecule has 152 valence electrons. The van der Waals surface area contributed by atoms with Gasteiger partial charge in [-0.2, -0.15) is 0 Å². The Kier molecular flexibility index (Phi) is 7.03. The molecule has 1 saturated carbocycles. The fraction of sp³-hybridized carbons (Fsp3) is 0.316. The molecule has 4 N–H and O–H groups in total. The lowest BCUT2D eigenvalue weighted by Crippen LogP contribution is -2.51. The highest BCUT2D eigenvalue weighted by molar-refractivity contribution is 7.92. The molecule has 6 nitrogen and oxygen atoms in total. The van der Waals surface area contributed by atoms with E-state index >= 15 is 0 Å². The Labute approximate surface area is 170 Å². The third-order valence-electron chi connectivity index (χ3n) is 4.85. The van der Waals surface area contributed by atoms with Crippen LogP contribution in [0.5, 0.6) is 0 Å². The Hall–Kier alpha value is -2.16. The van der Waals surface area contributed by atoms with Crippen LogP contribution in [0.15, 0.2) is 53.4 Å². The lowest BCUT2D eigenvalue weighted by molar-refractivity contribution is 0.0903. The standard InChI is InChI=1S/C19H22FN3O3S.ClH/c20-15-5-9-17(10-6-15)27(25,26)23-16-7-3-14(4-8-16)18(24)22-19(13-21)11-1-2-12-19;/h3-10,23H,1-2,11-13,21H2,(H,22,24);1H. The summed E-state index contributed by atoms with van der Waals surface area (Å²) in [6.07, 6.45) is 3.82. The molecular weight excluding hydrogens is 405 g/mol. The van der Waals surface area contributed by atoms with Crippen LogP contribution in [0.3, 0.4) is 0 Å². The first-order valence-corrected chi connectivity index (χ1v) is 10.2. The Morgan fingerprint density at radius 1 is 1.04 bits per heavy atom. The Morgan fingerprint density at radius 2 is 1.61 bits per heavy atom. The minimum atomic E-state index is -3.83. The summed E-state index contributed by atoms with van der Waals surface area (Å²) in [6.45, 7) is 0.397. The van der Waals surface area contributed by atoms with Crippen molar-refractivity contribution in [1.29, 1.82) is 0 Å². The fourth-order valence-corrected chi connectivity index (χ4v) is 4.32. The van der Waals surface area contributed by atoms with Gasteiger partial charge in [-0.25, -0.2) is 12.8 Å². The number of carbonyl (C=O) groups excluding carboxylic acids is 1. The SMILES string of the molecule is Cl.NCC1(NC(=O)c2ccc(NS(=O)(=O)c3ccc(F)cc3)cc2)CCCC1. The quantitative estimate of drug-likeness (QED) is 0.659. The number of benzene rings is 2. The van der Waals surface area contributed by atoms with Crippen molar-refractivity contribution >= 4 is 34.0 Å². The van der Waals surface area contributed by atoms with Gasteiger partial charge in [-0.1, -0.05) is 12.8 Å². The smallest absolute Gasteiger partial charge is 0.261 e. The molecule has 0 atom stereocenters. The zero-order valence-corrected chi connectivity index (χ0v) is 16.8. The summed E-state index contributed by atoms with van der Waals surface area (Å²) in [5.74, 6) is -0.739. The highest BCUT2D eigenvalue weighted by Gasteiger charge is 2.34. The third kappa shape index (κ3) is 5.01. The minimum absolute atomic E-state index is 0. The average molecular weight is 428 g/mol. The fourth-order valence-electron chi connectivity index (χ4n) is 3.26. The van der Waals surface area contributed by atoms with E-state index in [1.807, 2.05) is 0 Å². The van der Waals surface area contributed by atoms with Gasteiger partial charge in [0.25, 0.3) is 15.9 Å². The number of nitrogens with two attached hydrogens (primary N) is 1. The van der Waals surface area contributed by atoms with Gasteiger partial charge >= 0.3 is 0 Å². The predicted molar refractivity (Wildman–Crippen MR) is 109 cm³/mol. The molecule has 1 fully saturated rings. The lowest BCUT2D eigenvalue weighted by atomic mass is 9.97. The van der Waals surface area contributed by atoms with E-state index in [-0.39, 0.29) is 28.7 Å². The van der Waals surface area contributed by atoms with Crippen molar-refractivity contribution in [2.75, 3.05) is 11.3 Å². The first-order valence-electron chi connectivity index (χ1n) is 8.75. The van der Waals surface area contributed by atoms with E-state index in [4.69, 9.17) is 5.73 Å². The van der Waals surface area contributed by atoms with Crippen LogP contribution in [0.2, 0.25) is 0 Å². The third-order valence-corrected chi connectivity index (χ3v) is 6.25. The molecule has 0 aromatic heterocycles. The van der Waals surface area contributed by atoms with Crippen LogP contribution in [0.1, 0.15) is 36.0 Å². The number of nitrogens with one attached hydrogen (secondary N) is 2. The van der Waals surface area contributed by atoms with Crippen molar-refractivity contribution in [1.82, 2.24) is 5.32 Å². The topological polar surface area (TPSA) is 101 Å². The number of sulfonamides is 1. The van der Waals surface area contributed by atoms with Crippen LogP contribution in [-0.2, 0) is 10.0 Å². The minimum Gasteiger partial charge on any atom is -0.345 e. The second-order valence-electron chi connectivity index (χ2n) is 6.78. The van der Waals surface area contributed by atoms with Crippen LogP contribution in [0.4, 0.5) is 10.1 Å². The van der Waals surface area contributed by atoms with Gasteiger partial charge in [0.2, 0.25) is 0 Å². The molecule has 1 aliphatic rings. The molecule has 0 spiro atoms. The number of hydrogen-bond donors (Lipinski definition) is 3. The molecule has 0 radical (unpaired) electrons. The molecule has 0 heterocycles. The summed E-state index contributed by atoms with van der Waals surface area (Å²) in [6, 6.07) is 10.7. The van der Waals surface area contributed by atoms with Gasteiger partial charge in [0.05, 0.1) is 10.4 Å². The number of carbonyl (C=O) groups is 1. The van der Waals surface area contributed by atoms with Gasteiger partial charge < -0.3 is 11.1 Å². The Bertz CT molecular complexity index is 912. The number of amides is 1. The van der Waals surface area contributed by atoms with Crippen molar-refractivity contribution in [2.24, 2.45) is 5.73 Å². The molecule has 0 saturated heterocycles. The van der Waals surface area contributed by atoms with Crippen LogP contribution < -0.4 is 15.8 Å². The van der Waals surface area contributed by atoms with E-state index in [2.05, 4.69) is 10.0 Å². The molecule has 2 aromatic rings. The molecule has 0 bridgehead atoms. The summed E-state index contributed by atoms with van der Waals surface area (Å²) in [4.78, 5) is 12.4. The summed E-state index contributed by atoms with van der Waals surface area (Å²) in [7, 11) is -3.83. The lowest BCUT2D eigenvalue weighted by Gasteiger charge is -2.28. The summed E-state index contributed by atoms with van der Waals surface area (Å²) in [5.41, 5.74) is 6.23. The van der Waals surface area contributed by atoms with Crippen LogP contribution in [0.25, 0.3) is 0 Å². The molecule has 2 aromatic carbocycles. The van der Waals surface area contributed by atoms with Gasteiger partial charge in [0, 0.05) is 17.8 Å². The van der Waals surface area contributed by atoms with E-state index in [1.54, 1.807) is 12.1 Å². The van der Waals surface area contributed by atoms with E-state index in [0.29, 0.717) is 17.8 Å². The van der Waals surface area contributed by atoms with Gasteiger partial charge in [-0.05, 0) is 61.4 Å². The second kappa shape index (κ2) is 8.89. The first kappa shape index (κ1) is 22.1. The molecule has 9 heteroatoms. The van der Waals surface area contributed by atoms with E-state index in [9.17, 15) is 17.6 Å². The largest absolute Gasteiger partial charge is 0.345 e. The molecule has 1 aliphatic carbocycles. The van der Waals surface area contributed by atoms with E-state index in [0.717, 1.165) is 37.8 Å². The number of halogens is 2. The maximum absolute atomic E-state index is 13.0. The normalized spacial score (nSPS) is 15.5. The van der Waals surface area contributed by atoms with Crippen molar-refractivity contribution in [2.45, 2.75) is 36.1 Å². The number of rotatable bonds is 6. The number of anilines is 1. The van der Waals surface area contributed by atoms with Crippen molar-refractivity contribution in [3.63, 3.8) is 0 Å². The zero-order chi connectivity index (χ0) is 19.5. The highest BCUT2D eigenvalue weighted by atomic mass is 35.5. The predicted octanol–water partition coefficient (Wildman–Crippen LogP) is 3.05. The Balaban J connectivity index is 0.00000280. The van der Waals surface area contributed by atoms with E-state index in [1.165, 1.54) is 24.3 Å². The molecular formula is C19H23ClFN3O3S. The van der Waals surface area contributed by atoms with Crippen LogP contribution in [0, 0.1) is 5.82 Å². The van der Waals surface area contributed by atoms with Crippen molar-refractivity contribution in [3.8, 4) is 0 Å². The summed E-state index contributed by atoms with van der Waals surface area (Å²) < 4.78 is 40.0. The molecule has 3 rings (SSSR count). The van der Waals surface area contributed by atoms with Gasteiger partial charge in [0.15, 0.2) is 0 Å². The van der Waals surface area contributed by atoms with Gasteiger partial charge in [0.1, 0.15) is 5.82 Å². The molecule has 0 unspecified atom stereocenters. The van der Waals surface area contributed by atoms with Crippen LogP contribution in [-0.4, -0.2) is 26.4 Å². The summed E-state index contributed by atoms with van der Waals surface area (Å²) in [5, 5.41) is 3.02. The van der Waals surface area contributed by atoms with Crippen LogP contribution >= 0.6 is 12.4 Å². The molecule has 28 heavy (non-hydrogen) atoms. The first-order chi connectivity index (χ1) is 12.8. The summed E-state index contributed by atoms with van der Waals surface area (Å²) >= 11 is 0. The molecule has 1 amide bonds. The Morgan fingerprint density at radius 3 is 2.14 bits per heavy atom.